The highest BCUT2D eigenvalue weighted by atomic mass is 16.3. The monoisotopic (exact) mass is 415 g/mol. The van der Waals surface area contributed by atoms with E-state index in [1.807, 2.05) is 47.9 Å². The highest BCUT2D eigenvalue weighted by Crippen LogP contribution is 2.23. The lowest BCUT2D eigenvalue weighted by atomic mass is 10.2. The first-order valence-electron chi connectivity index (χ1n) is 10.1. The third-order valence-corrected chi connectivity index (χ3v) is 5.38. The Morgan fingerprint density at radius 2 is 2.06 bits per heavy atom. The number of nitrogens with one attached hydrogen (secondary N) is 1. The highest BCUT2D eigenvalue weighted by molar-refractivity contribution is 5.99. The van der Waals surface area contributed by atoms with Gasteiger partial charge < -0.3 is 19.2 Å². The van der Waals surface area contributed by atoms with E-state index < -0.39 is 0 Å². The van der Waals surface area contributed by atoms with Gasteiger partial charge in [-0.3, -0.25) is 14.6 Å². The number of carbonyl (C=O) groups excluding carboxylic acids is 2. The first kappa shape index (κ1) is 19.0. The average Bonchev–Trinajstić information content (AvgIpc) is 3.37. The molecule has 2 amide bonds. The normalized spacial score (nSPS) is 13.5. The van der Waals surface area contributed by atoms with E-state index in [-0.39, 0.29) is 11.8 Å². The van der Waals surface area contributed by atoms with Crippen LogP contribution in [0, 0.1) is 6.92 Å². The molecule has 0 aliphatic carbocycles. The average molecular weight is 415 g/mol. The molecule has 1 aliphatic rings. The Hall–Kier alpha value is -3.94. The standard InChI is InChI=1S/C23H21N5O3/c1-15-5-7-18(31-15)13-25-22(29)16-6-8-20-19(12-16)26-21-23(30)27(10-11-28(20)21)14-17-4-2-3-9-24-17/h2-9,12H,10-11,13-14H2,1H3,(H,25,29). The highest BCUT2D eigenvalue weighted by Gasteiger charge is 2.28. The van der Waals surface area contributed by atoms with Gasteiger partial charge in [-0.2, -0.15) is 0 Å². The largest absolute Gasteiger partial charge is 0.465 e. The van der Waals surface area contributed by atoms with Crippen LogP contribution in [0.5, 0.6) is 0 Å². The number of benzene rings is 1. The van der Waals surface area contributed by atoms with Crippen LogP contribution in [0.1, 0.15) is 38.2 Å². The number of imidazole rings is 1. The Balaban J connectivity index is 1.35. The van der Waals surface area contributed by atoms with Gasteiger partial charge in [0.15, 0.2) is 5.82 Å². The van der Waals surface area contributed by atoms with Crippen molar-refractivity contribution in [3.63, 3.8) is 0 Å². The topological polar surface area (TPSA) is 93.3 Å². The molecule has 4 aromatic rings. The fourth-order valence-corrected chi connectivity index (χ4v) is 3.81. The van der Waals surface area contributed by atoms with E-state index in [1.165, 1.54) is 0 Å². The summed E-state index contributed by atoms with van der Waals surface area (Å²) in [6, 6.07) is 14.7. The first-order chi connectivity index (χ1) is 15.1. The molecule has 1 N–H and O–H groups in total. The number of aromatic nitrogens is 3. The van der Waals surface area contributed by atoms with E-state index in [1.54, 1.807) is 23.2 Å². The quantitative estimate of drug-likeness (QED) is 0.541. The van der Waals surface area contributed by atoms with Crippen LogP contribution < -0.4 is 5.32 Å². The smallest absolute Gasteiger partial charge is 0.290 e. The number of rotatable bonds is 5. The fraction of sp³-hybridized carbons (Fsp3) is 0.217. The lowest BCUT2D eigenvalue weighted by Crippen LogP contribution is -2.40. The molecule has 4 heterocycles. The van der Waals surface area contributed by atoms with Crippen LogP contribution in [0.3, 0.4) is 0 Å². The molecule has 1 aromatic carbocycles. The van der Waals surface area contributed by atoms with E-state index >= 15 is 0 Å². The maximum absolute atomic E-state index is 13.0. The van der Waals surface area contributed by atoms with Crippen molar-refractivity contribution in [2.24, 2.45) is 0 Å². The summed E-state index contributed by atoms with van der Waals surface area (Å²) in [6.45, 7) is 3.85. The maximum Gasteiger partial charge on any atom is 0.290 e. The number of nitrogens with zero attached hydrogens (tertiary/aromatic N) is 4. The summed E-state index contributed by atoms with van der Waals surface area (Å²) in [5.41, 5.74) is 2.80. The van der Waals surface area contributed by atoms with Gasteiger partial charge in [0.2, 0.25) is 0 Å². The van der Waals surface area contributed by atoms with Gasteiger partial charge in [0, 0.05) is 24.8 Å². The second-order valence-electron chi connectivity index (χ2n) is 7.53. The molecule has 0 saturated carbocycles. The molecule has 156 valence electrons. The Labute approximate surface area is 178 Å². The molecule has 3 aromatic heterocycles. The van der Waals surface area contributed by atoms with Crippen molar-refractivity contribution in [2.45, 2.75) is 26.6 Å². The van der Waals surface area contributed by atoms with Gasteiger partial charge in [-0.1, -0.05) is 6.07 Å². The Morgan fingerprint density at radius 1 is 1.16 bits per heavy atom. The molecule has 8 nitrogen and oxygen atoms in total. The van der Waals surface area contributed by atoms with Gasteiger partial charge >= 0.3 is 0 Å². The van der Waals surface area contributed by atoms with Crippen molar-refractivity contribution in [1.29, 1.82) is 0 Å². The fourth-order valence-electron chi connectivity index (χ4n) is 3.81. The summed E-state index contributed by atoms with van der Waals surface area (Å²) in [6.07, 6.45) is 1.72. The van der Waals surface area contributed by atoms with Gasteiger partial charge in [0.1, 0.15) is 11.5 Å². The van der Waals surface area contributed by atoms with E-state index in [0.717, 1.165) is 17.0 Å². The summed E-state index contributed by atoms with van der Waals surface area (Å²) >= 11 is 0. The lowest BCUT2D eigenvalue weighted by molar-refractivity contribution is 0.0682. The van der Waals surface area contributed by atoms with Crippen LogP contribution in [0.2, 0.25) is 0 Å². The van der Waals surface area contributed by atoms with Gasteiger partial charge in [-0.15, -0.1) is 0 Å². The van der Waals surface area contributed by atoms with Crippen molar-refractivity contribution in [3.8, 4) is 0 Å². The maximum atomic E-state index is 13.0. The number of hydrogen-bond acceptors (Lipinski definition) is 5. The minimum atomic E-state index is -0.218. The third kappa shape index (κ3) is 3.68. The van der Waals surface area contributed by atoms with Crippen LogP contribution in [-0.4, -0.2) is 37.8 Å². The Kier molecular flexibility index (Phi) is 4.74. The summed E-state index contributed by atoms with van der Waals surface area (Å²) in [4.78, 5) is 36.2. The molecular formula is C23H21N5O3. The first-order valence-corrected chi connectivity index (χ1v) is 10.1. The Morgan fingerprint density at radius 3 is 2.84 bits per heavy atom. The predicted molar refractivity (Wildman–Crippen MR) is 113 cm³/mol. The van der Waals surface area contributed by atoms with E-state index in [2.05, 4.69) is 15.3 Å². The third-order valence-electron chi connectivity index (χ3n) is 5.38. The predicted octanol–water partition coefficient (Wildman–Crippen LogP) is 2.92. The number of fused-ring (bicyclic) bond motifs is 3. The molecule has 0 fully saturated rings. The van der Waals surface area contributed by atoms with Crippen LogP contribution in [0.25, 0.3) is 11.0 Å². The van der Waals surface area contributed by atoms with Gasteiger partial charge in [-0.25, -0.2) is 4.98 Å². The van der Waals surface area contributed by atoms with E-state index in [0.29, 0.717) is 48.8 Å². The van der Waals surface area contributed by atoms with Crippen molar-refractivity contribution in [1.82, 2.24) is 24.8 Å². The minimum absolute atomic E-state index is 0.132. The SMILES string of the molecule is Cc1ccc(CNC(=O)c2ccc3c(c2)nc2n3CCN(Cc3ccccn3)C2=O)o1. The number of hydrogen-bond donors (Lipinski definition) is 1. The van der Waals surface area contributed by atoms with E-state index in [4.69, 9.17) is 4.42 Å². The van der Waals surface area contributed by atoms with Crippen molar-refractivity contribution in [3.05, 3.63) is 83.3 Å². The van der Waals surface area contributed by atoms with Crippen molar-refractivity contribution >= 4 is 22.8 Å². The van der Waals surface area contributed by atoms with Crippen LogP contribution in [0.4, 0.5) is 0 Å². The number of pyridine rings is 1. The number of aryl methyl sites for hydroxylation is 1. The molecule has 0 radical (unpaired) electrons. The van der Waals surface area contributed by atoms with E-state index in [9.17, 15) is 9.59 Å². The van der Waals surface area contributed by atoms with Crippen LogP contribution >= 0.6 is 0 Å². The molecule has 1 aliphatic heterocycles. The number of furan rings is 1. The molecule has 0 saturated heterocycles. The zero-order valence-corrected chi connectivity index (χ0v) is 17.0. The molecule has 0 spiro atoms. The summed E-state index contributed by atoms with van der Waals surface area (Å²) < 4.78 is 7.40. The molecule has 0 bridgehead atoms. The van der Waals surface area contributed by atoms with Crippen molar-refractivity contribution < 1.29 is 14.0 Å². The van der Waals surface area contributed by atoms with Crippen molar-refractivity contribution in [2.75, 3.05) is 6.54 Å². The zero-order chi connectivity index (χ0) is 21.4. The second-order valence-corrected chi connectivity index (χ2v) is 7.53. The molecular weight excluding hydrogens is 394 g/mol. The van der Waals surface area contributed by atoms with Gasteiger partial charge in [0.25, 0.3) is 11.8 Å². The van der Waals surface area contributed by atoms with Gasteiger partial charge in [-0.05, 0) is 49.4 Å². The Bertz CT molecular complexity index is 1280. The van der Waals surface area contributed by atoms with Crippen LogP contribution in [-0.2, 0) is 19.6 Å². The number of amides is 2. The second kappa shape index (κ2) is 7.71. The lowest BCUT2D eigenvalue weighted by Gasteiger charge is -2.27. The number of carbonyl (C=O) groups is 2. The van der Waals surface area contributed by atoms with Gasteiger partial charge in [0.05, 0.1) is 29.8 Å². The molecule has 5 rings (SSSR count). The molecule has 0 atom stereocenters. The zero-order valence-electron chi connectivity index (χ0n) is 17.0. The molecule has 31 heavy (non-hydrogen) atoms. The minimum Gasteiger partial charge on any atom is -0.465 e. The summed E-state index contributed by atoms with van der Waals surface area (Å²) in [7, 11) is 0. The molecule has 8 heteroatoms. The summed E-state index contributed by atoms with van der Waals surface area (Å²) in [5, 5.41) is 2.85. The molecule has 0 unspecified atom stereocenters. The summed E-state index contributed by atoms with van der Waals surface area (Å²) in [5.74, 6) is 1.54. The van der Waals surface area contributed by atoms with Crippen LogP contribution in [0.15, 0.2) is 59.1 Å².